The molecule has 102 valence electrons. The van der Waals surface area contributed by atoms with Gasteiger partial charge in [-0.3, -0.25) is 0 Å². The highest BCUT2D eigenvalue weighted by atomic mass is 32.1. The zero-order valence-corrected chi connectivity index (χ0v) is 13.4. The van der Waals surface area contributed by atoms with Gasteiger partial charge in [0.05, 0.1) is 11.7 Å². The highest BCUT2D eigenvalue weighted by Crippen LogP contribution is 2.39. The van der Waals surface area contributed by atoms with Crippen molar-refractivity contribution in [2.45, 2.75) is 13.8 Å². The van der Waals surface area contributed by atoms with Crippen LogP contribution in [0.25, 0.3) is 26.4 Å². The lowest BCUT2D eigenvalue weighted by molar-refractivity contribution is 0.621. The molecule has 0 unspecified atom stereocenters. The van der Waals surface area contributed by atoms with E-state index in [-0.39, 0.29) is 5.82 Å². The molecule has 0 atom stereocenters. The van der Waals surface area contributed by atoms with Crippen LogP contribution < -0.4 is 0 Å². The Morgan fingerprint density at radius 1 is 1.25 bits per heavy atom. The molecule has 1 aromatic carbocycles. The lowest BCUT2D eigenvalue weighted by atomic mass is 10.1. The summed E-state index contributed by atoms with van der Waals surface area (Å²) < 4.78 is 22.5. The Morgan fingerprint density at radius 2 is 1.95 bits per heavy atom. The molecule has 0 saturated heterocycles. The first kappa shape index (κ1) is 13.7. The lowest BCUT2D eigenvalue weighted by Gasteiger charge is -2.02. The number of benzene rings is 1. The van der Waals surface area contributed by atoms with Crippen molar-refractivity contribution in [3.05, 3.63) is 40.5 Å². The monoisotopic (exact) mass is 322 g/mol. The van der Waals surface area contributed by atoms with Gasteiger partial charge in [-0.2, -0.15) is 8.75 Å². The molecule has 0 aliphatic carbocycles. The molecular formula is C14H11FN2S3. The molecule has 0 N–H and O–H groups in total. The van der Waals surface area contributed by atoms with Crippen LogP contribution in [0.1, 0.15) is 16.0 Å². The van der Waals surface area contributed by atoms with Crippen LogP contribution in [0.3, 0.4) is 0 Å². The number of hydrogen-bond acceptors (Lipinski definition) is 5. The third kappa shape index (κ3) is 2.08. The maximum atomic E-state index is 14.0. The van der Waals surface area contributed by atoms with Crippen LogP contribution in [0.4, 0.5) is 4.39 Å². The van der Waals surface area contributed by atoms with E-state index in [2.05, 4.69) is 28.0 Å². The van der Waals surface area contributed by atoms with E-state index in [1.54, 1.807) is 18.3 Å². The van der Waals surface area contributed by atoms with Crippen LogP contribution in [0.15, 0.2) is 18.7 Å². The summed E-state index contributed by atoms with van der Waals surface area (Å²) >= 11 is 6.95. The molecule has 2 nitrogen and oxygen atoms in total. The Morgan fingerprint density at radius 3 is 2.60 bits per heavy atom. The quantitative estimate of drug-likeness (QED) is 0.666. The predicted molar refractivity (Wildman–Crippen MR) is 88.2 cm³/mol. The van der Waals surface area contributed by atoms with Gasteiger partial charge in [-0.15, -0.1) is 24.0 Å². The van der Waals surface area contributed by atoms with Crippen LogP contribution in [0, 0.1) is 19.7 Å². The summed E-state index contributed by atoms with van der Waals surface area (Å²) in [6.07, 6.45) is 0. The standard InChI is InChI=1S/C14H11FN2S3/c1-6-4-11(19-14(6)8(3)18)9-5-10(15)7(2)12-13(9)17-20-16-12/h4-5,18H,3H2,1-2H3. The van der Waals surface area contributed by atoms with Crippen LogP contribution in [-0.2, 0) is 0 Å². The number of thiol groups is 1. The van der Waals surface area contributed by atoms with Gasteiger partial charge in [0.15, 0.2) is 0 Å². The first-order valence-electron chi connectivity index (χ1n) is 5.89. The van der Waals surface area contributed by atoms with Crippen LogP contribution in [0.2, 0.25) is 0 Å². The van der Waals surface area contributed by atoms with E-state index in [1.807, 2.05) is 13.0 Å². The van der Waals surface area contributed by atoms with Crippen LogP contribution >= 0.6 is 35.7 Å². The van der Waals surface area contributed by atoms with Gasteiger partial charge in [0.1, 0.15) is 16.9 Å². The molecule has 0 amide bonds. The van der Waals surface area contributed by atoms with Crippen molar-refractivity contribution in [2.24, 2.45) is 0 Å². The van der Waals surface area contributed by atoms with Gasteiger partial charge in [-0.1, -0.05) is 6.58 Å². The van der Waals surface area contributed by atoms with Gasteiger partial charge in [-0.25, -0.2) is 4.39 Å². The molecular weight excluding hydrogens is 311 g/mol. The summed E-state index contributed by atoms with van der Waals surface area (Å²) in [6, 6.07) is 3.56. The third-order valence-corrected chi connectivity index (χ3v) is 5.41. The normalized spacial score (nSPS) is 11.2. The molecule has 0 spiro atoms. The number of halogens is 1. The van der Waals surface area contributed by atoms with E-state index in [9.17, 15) is 4.39 Å². The Bertz CT molecular complexity index is 832. The largest absolute Gasteiger partial charge is 0.207 e. The number of hydrogen-bond donors (Lipinski definition) is 1. The number of fused-ring (bicyclic) bond motifs is 1. The molecule has 3 rings (SSSR count). The summed E-state index contributed by atoms with van der Waals surface area (Å²) in [6.45, 7) is 7.58. The SMILES string of the molecule is C=C(S)c1sc(-c2cc(F)c(C)c3nsnc23)cc1C. The van der Waals surface area contributed by atoms with Crippen molar-refractivity contribution in [3.63, 3.8) is 0 Å². The average molecular weight is 322 g/mol. The van der Waals surface area contributed by atoms with Gasteiger partial charge < -0.3 is 0 Å². The Labute approximate surface area is 129 Å². The molecule has 3 aromatic rings. The van der Waals surface area contributed by atoms with Crippen molar-refractivity contribution in [2.75, 3.05) is 0 Å². The van der Waals surface area contributed by atoms with E-state index in [0.717, 1.165) is 43.0 Å². The fourth-order valence-corrected chi connectivity index (χ4v) is 4.10. The minimum atomic E-state index is -0.252. The van der Waals surface area contributed by atoms with Crippen LogP contribution in [-0.4, -0.2) is 8.75 Å². The van der Waals surface area contributed by atoms with E-state index < -0.39 is 0 Å². The molecule has 0 fully saturated rings. The van der Waals surface area contributed by atoms with Gasteiger partial charge in [-0.05, 0) is 31.5 Å². The van der Waals surface area contributed by atoms with Crippen molar-refractivity contribution in [1.29, 1.82) is 0 Å². The predicted octanol–water partition coefficient (Wildman–Crippen LogP) is 5.08. The van der Waals surface area contributed by atoms with Crippen molar-refractivity contribution >= 4 is 51.6 Å². The second-order valence-corrected chi connectivity index (χ2v) is 6.68. The number of aryl methyl sites for hydroxylation is 2. The summed E-state index contributed by atoms with van der Waals surface area (Å²) in [4.78, 5) is 2.70. The minimum absolute atomic E-state index is 0.252. The number of thiophene rings is 1. The maximum Gasteiger partial charge on any atom is 0.129 e. The molecule has 0 aliphatic rings. The van der Waals surface area contributed by atoms with E-state index in [4.69, 9.17) is 0 Å². The highest BCUT2D eigenvalue weighted by molar-refractivity contribution is 7.90. The summed E-state index contributed by atoms with van der Waals surface area (Å²) in [5.74, 6) is -0.252. The van der Waals surface area contributed by atoms with Crippen molar-refractivity contribution < 1.29 is 4.39 Å². The van der Waals surface area contributed by atoms with E-state index in [1.165, 1.54) is 6.07 Å². The van der Waals surface area contributed by atoms with Crippen molar-refractivity contribution in [1.82, 2.24) is 8.75 Å². The molecule has 6 heteroatoms. The van der Waals surface area contributed by atoms with Gasteiger partial charge in [0.25, 0.3) is 0 Å². The van der Waals surface area contributed by atoms with E-state index >= 15 is 0 Å². The van der Waals surface area contributed by atoms with Gasteiger partial charge in [0.2, 0.25) is 0 Å². The Kier molecular flexibility index (Phi) is 3.40. The van der Waals surface area contributed by atoms with E-state index in [0.29, 0.717) is 11.1 Å². The molecule has 2 heterocycles. The summed E-state index contributed by atoms with van der Waals surface area (Å²) in [5.41, 5.74) is 3.81. The molecule has 0 aliphatic heterocycles. The zero-order valence-electron chi connectivity index (χ0n) is 10.9. The second-order valence-electron chi connectivity index (χ2n) is 4.56. The minimum Gasteiger partial charge on any atom is -0.207 e. The number of aromatic nitrogens is 2. The Hall–Kier alpha value is -1.24. The fraction of sp³-hybridized carbons (Fsp3) is 0.143. The maximum absolute atomic E-state index is 14.0. The second kappa shape index (κ2) is 4.95. The average Bonchev–Trinajstić information content (AvgIpc) is 3.00. The third-order valence-electron chi connectivity index (χ3n) is 3.17. The summed E-state index contributed by atoms with van der Waals surface area (Å²) in [7, 11) is 0. The molecule has 0 bridgehead atoms. The van der Waals surface area contributed by atoms with Gasteiger partial charge in [0, 0.05) is 25.8 Å². The Balaban J connectivity index is 2.30. The number of rotatable bonds is 2. The van der Waals surface area contributed by atoms with Crippen LogP contribution in [0.5, 0.6) is 0 Å². The summed E-state index contributed by atoms with van der Waals surface area (Å²) in [5, 5.41) is 0. The first-order chi connectivity index (χ1) is 9.49. The topological polar surface area (TPSA) is 25.8 Å². The highest BCUT2D eigenvalue weighted by Gasteiger charge is 2.17. The van der Waals surface area contributed by atoms with Gasteiger partial charge >= 0.3 is 0 Å². The zero-order chi connectivity index (χ0) is 14.4. The first-order valence-corrected chi connectivity index (χ1v) is 7.89. The molecule has 20 heavy (non-hydrogen) atoms. The number of nitrogens with zero attached hydrogens (tertiary/aromatic N) is 2. The lowest BCUT2D eigenvalue weighted by Crippen LogP contribution is -1.87. The van der Waals surface area contributed by atoms with Crippen molar-refractivity contribution in [3.8, 4) is 10.4 Å². The molecule has 0 saturated carbocycles. The molecule has 0 radical (unpaired) electrons. The fourth-order valence-electron chi connectivity index (χ4n) is 2.12. The molecule has 2 aromatic heterocycles. The smallest absolute Gasteiger partial charge is 0.129 e.